The standard InChI is InChI=1S/C29H24ClN3/c1-18(16-31)27-23-6-3-2-5-20(23)10-13-22-15-19(9-14-24(22)27)17-33-26-8-4-7-25(30)28(26)32-29(33)21-11-12-21/h2-9,14-15,21H,10-13,17H2,1H3. The van der Waals surface area contributed by atoms with E-state index >= 15 is 0 Å². The summed E-state index contributed by atoms with van der Waals surface area (Å²) in [7, 11) is 0. The molecule has 0 bridgehead atoms. The lowest BCUT2D eigenvalue weighted by molar-refractivity contribution is 0.745. The zero-order chi connectivity index (χ0) is 22.5. The van der Waals surface area contributed by atoms with Crippen LogP contribution in [0, 0.1) is 11.3 Å². The number of aryl methyl sites for hydroxylation is 2. The van der Waals surface area contributed by atoms with E-state index < -0.39 is 0 Å². The second-order valence-corrected chi connectivity index (χ2v) is 9.61. The van der Waals surface area contributed by atoms with Gasteiger partial charge in [-0.2, -0.15) is 5.26 Å². The van der Waals surface area contributed by atoms with Gasteiger partial charge in [0.1, 0.15) is 11.3 Å². The number of rotatable bonds is 3. The molecular weight excluding hydrogens is 426 g/mol. The SMILES string of the molecule is CC(C#N)=C1c2ccccc2CCc2cc(Cn3c(C4CC4)nc4c(Cl)cccc43)ccc21. The second-order valence-electron chi connectivity index (χ2n) is 9.20. The van der Waals surface area contributed by atoms with Crippen molar-refractivity contribution in [1.82, 2.24) is 9.55 Å². The summed E-state index contributed by atoms with van der Waals surface area (Å²) in [6.45, 7) is 2.71. The summed E-state index contributed by atoms with van der Waals surface area (Å²) >= 11 is 6.48. The Kier molecular flexibility index (Phi) is 4.85. The second kappa shape index (κ2) is 7.90. The highest BCUT2D eigenvalue weighted by Gasteiger charge is 2.30. The number of para-hydroxylation sites is 1. The molecule has 1 fully saturated rings. The molecule has 3 nitrogen and oxygen atoms in total. The summed E-state index contributed by atoms with van der Waals surface area (Å²) in [5.74, 6) is 1.69. The lowest BCUT2D eigenvalue weighted by Gasteiger charge is -2.15. The predicted molar refractivity (Wildman–Crippen MR) is 133 cm³/mol. The van der Waals surface area contributed by atoms with Crippen LogP contribution in [0.4, 0.5) is 0 Å². The highest BCUT2D eigenvalue weighted by Crippen LogP contribution is 2.42. The molecule has 0 unspecified atom stereocenters. The first-order chi connectivity index (χ1) is 16.1. The number of hydrogen-bond acceptors (Lipinski definition) is 2. The van der Waals surface area contributed by atoms with E-state index in [0.717, 1.165) is 52.4 Å². The fourth-order valence-electron chi connectivity index (χ4n) is 5.19. The molecule has 4 aromatic rings. The monoisotopic (exact) mass is 449 g/mol. The van der Waals surface area contributed by atoms with E-state index in [9.17, 15) is 5.26 Å². The number of nitrogens with zero attached hydrogens (tertiary/aromatic N) is 3. The minimum atomic E-state index is 0.539. The van der Waals surface area contributed by atoms with Crippen LogP contribution in [0.15, 0.2) is 66.2 Å². The molecule has 0 saturated heterocycles. The molecule has 0 N–H and O–H groups in total. The van der Waals surface area contributed by atoms with Gasteiger partial charge in [-0.15, -0.1) is 0 Å². The Bertz CT molecular complexity index is 1480. The minimum absolute atomic E-state index is 0.539. The molecule has 1 saturated carbocycles. The van der Waals surface area contributed by atoms with Crippen LogP contribution in [0.2, 0.25) is 5.02 Å². The summed E-state index contributed by atoms with van der Waals surface area (Å²) in [5.41, 5.74) is 10.1. The van der Waals surface area contributed by atoms with E-state index in [1.54, 1.807) is 0 Å². The van der Waals surface area contributed by atoms with E-state index in [2.05, 4.69) is 59.2 Å². The number of aromatic nitrogens is 2. The van der Waals surface area contributed by atoms with Crippen LogP contribution in [-0.2, 0) is 19.4 Å². The van der Waals surface area contributed by atoms with Crippen LogP contribution >= 0.6 is 11.6 Å². The van der Waals surface area contributed by atoms with Crippen LogP contribution in [0.3, 0.4) is 0 Å². The summed E-state index contributed by atoms with van der Waals surface area (Å²) < 4.78 is 2.35. The zero-order valence-corrected chi connectivity index (χ0v) is 19.4. The van der Waals surface area contributed by atoms with Gasteiger partial charge in [0.2, 0.25) is 0 Å². The molecule has 162 valence electrons. The predicted octanol–water partition coefficient (Wildman–Crippen LogP) is 7.06. The normalized spacial score (nSPS) is 16.6. The molecule has 0 spiro atoms. The Labute approximate surface area is 199 Å². The smallest absolute Gasteiger partial charge is 0.113 e. The van der Waals surface area contributed by atoms with Crippen molar-refractivity contribution in [3.05, 3.63) is 105 Å². The highest BCUT2D eigenvalue weighted by atomic mass is 35.5. The number of halogens is 1. The van der Waals surface area contributed by atoms with Crippen molar-refractivity contribution in [2.75, 3.05) is 0 Å². The Morgan fingerprint density at radius 1 is 1.03 bits per heavy atom. The number of nitriles is 1. The van der Waals surface area contributed by atoms with E-state index in [0.29, 0.717) is 5.92 Å². The third-order valence-electron chi connectivity index (χ3n) is 6.97. The van der Waals surface area contributed by atoms with E-state index in [1.165, 1.54) is 40.7 Å². The Morgan fingerprint density at radius 3 is 2.64 bits per heavy atom. The molecule has 0 radical (unpaired) electrons. The molecule has 0 aliphatic heterocycles. The van der Waals surface area contributed by atoms with Gasteiger partial charge in [-0.05, 0) is 72.6 Å². The third-order valence-corrected chi connectivity index (χ3v) is 7.28. The van der Waals surface area contributed by atoms with Crippen LogP contribution < -0.4 is 0 Å². The van der Waals surface area contributed by atoms with Crippen molar-refractivity contribution in [2.45, 2.75) is 45.1 Å². The molecular formula is C29H24ClN3. The van der Waals surface area contributed by atoms with Crippen molar-refractivity contribution in [2.24, 2.45) is 0 Å². The zero-order valence-electron chi connectivity index (χ0n) is 18.6. The Hall–Kier alpha value is -3.35. The van der Waals surface area contributed by atoms with Gasteiger partial charge in [0.25, 0.3) is 0 Å². The van der Waals surface area contributed by atoms with Crippen molar-refractivity contribution < 1.29 is 0 Å². The maximum absolute atomic E-state index is 9.74. The summed E-state index contributed by atoms with van der Waals surface area (Å²) in [5, 5.41) is 10.5. The highest BCUT2D eigenvalue weighted by molar-refractivity contribution is 6.34. The maximum Gasteiger partial charge on any atom is 0.113 e. The van der Waals surface area contributed by atoms with Gasteiger partial charge in [-0.25, -0.2) is 4.98 Å². The minimum Gasteiger partial charge on any atom is -0.323 e. The van der Waals surface area contributed by atoms with Crippen molar-refractivity contribution >= 4 is 28.2 Å². The largest absolute Gasteiger partial charge is 0.323 e. The lowest BCUT2D eigenvalue weighted by Crippen LogP contribution is -2.05. The average molecular weight is 450 g/mol. The van der Waals surface area contributed by atoms with Gasteiger partial charge >= 0.3 is 0 Å². The van der Waals surface area contributed by atoms with Crippen LogP contribution in [0.25, 0.3) is 16.6 Å². The summed E-state index contributed by atoms with van der Waals surface area (Å²) in [6.07, 6.45) is 4.34. The molecule has 2 aliphatic carbocycles. The molecule has 4 heteroatoms. The van der Waals surface area contributed by atoms with Crippen LogP contribution in [-0.4, -0.2) is 9.55 Å². The molecule has 6 rings (SSSR count). The summed E-state index contributed by atoms with van der Waals surface area (Å²) in [6, 6.07) is 23.7. The lowest BCUT2D eigenvalue weighted by atomic mass is 9.90. The molecule has 0 amide bonds. The Balaban J connectivity index is 1.46. The molecule has 33 heavy (non-hydrogen) atoms. The van der Waals surface area contributed by atoms with Crippen molar-refractivity contribution in [1.29, 1.82) is 5.26 Å². The molecule has 3 aromatic carbocycles. The van der Waals surface area contributed by atoms with Crippen molar-refractivity contribution in [3.8, 4) is 6.07 Å². The van der Waals surface area contributed by atoms with Gasteiger partial charge in [-0.1, -0.05) is 60.1 Å². The number of benzene rings is 3. The number of allylic oxidation sites excluding steroid dienone is 1. The molecule has 1 aromatic heterocycles. The topological polar surface area (TPSA) is 41.6 Å². The van der Waals surface area contributed by atoms with Crippen LogP contribution in [0.1, 0.15) is 59.3 Å². The first kappa shape index (κ1) is 20.3. The third kappa shape index (κ3) is 3.46. The van der Waals surface area contributed by atoms with Crippen LogP contribution in [0.5, 0.6) is 0 Å². The van der Waals surface area contributed by atoms with Gasteiger partial charge in [0.05, 0.1) is 16.6 Å². The first-order valence-corrected chi connectivity index (χ1v) is 12.0. The fraction of sp³-hybridized carbons (Fsp3) is 0.241. The number of hydrogen-bond donors (Lipinski definition) is 0. The van der Waals surface area contributed by atoms with Gasteiger partial charge in [0.15, 0.2) is 0 Å². The van der Waals surface area contributed by atoms with Gasteiger partial charge in [0, 0.05) is 23.6 Å². The Morgan fingerprint density at radius 2 is 1.82 bits per heavy atom. The quantitative estimate of drug-likeness (QED) is 0.314. The first-order valence-electron chi connectivity index (χ1n) is 11.6. The molecule has 2 aliphatic rings. The van der Waals surface area contributed by atoms with E-state index in [1.807, 2.05) is 19.1 Å². The van der Waals surface area contributed by atoms with Crippen molar-refractivity contribution in [3.63, 3.8) is 0 Å². The average Bonchev–Trinajstić information content (AvgIpc) is 3.63. The summed E-state index contributed by atoms with van der Waals surface area (Å²) in [4.78, 5) is 4.93. The maximum atomic E-state index is 9.74. The van der Waals surface area contributed by atoms with Gasteiger partial charge < -0.3 is 4.57 Å². The molecule has 1 heterocycles. The van der Waals surface area contributed by atoms with E-state index in [4.69, 9.17) is 16.6 Å². The fourth-order valence-corrected chi connectivity index (χ4v) is 5.40. The number of fused-ring (bicyclic) bond motifs is 3. The van der Waals surface area contributed by atoms with Gasteiger partial charge in [-0.3, -0.25) is 0 Å². The number of imidazole rings is 1. The molecule has 0 atom stereocenters. The van der Waals surface area contributed by atoms with E-state index in [-0.39, 0.29) is 0 Å².